The third-order valence-corrected chi connectivity index (χ3v) is 5.41. The lowest BCUT2D eigenvalue weighted by atomic mass is 10.3. The zero-order valence-electron chi connectivity index (χ0n) is 17.0. The smallest absolute Gasteiger partial charge is 0.406 e. The summed E-state index contributed by atoms with van der Waals surface area (Å²) in [5.41, 5.74) is 0.976. The highest BCUT2D eigenvalue weighted by atomic mass is 32.2. The molecule has 0 saturated heterocycles. The molecule has 4 aromatic rings. The first-order chi connectivity index (χ1) is 15.7. The lowest BCUT2D eigenvalue weighted by molar-refractivity contribution is -0.274. The molecule has 4 rings (SSSR count). The summed E-state index contributed by atoms with van der Waals surface area (Å²) in [5.74, 6) is -0.822. The highest BCUT2D eigenvalue weighted by Crippen LogP contribution is 2.25. The molecule has 0 bridgehead atoms. The summed E-state index contributed by atoms with van der Waals surface area (Å²) in [5, 5.41) is 6.69. The van der Waals surface area contributed by atoms with Crippen molar-refractivity contribution in [1.29, 1.82) is 0 Å². The predicted molar refractivity (Wildman–Crippen MR) is 117 cm³/mol. The number of rotatable bonds is 6. The number of amides is 1. The van der Waals surface area contributed by atoms with Crippen LogP contribution >= 0.6 is 11.8 Å². The number of para-hydroxylation sites is 1. The van der Waals surface area contributed by atoms with E-state index in [1.165, 1.54) is 23.0 Å². The van der Waals surface area contributed by atoms with Gasteiger partial charge in [-0.25, -0.2) is 9.67 Å². The Bertz CT molecular complexity index is 1340. The first-order valence-corrected chi connectivity index (χ1v) is 10.4. The summed E-state index contributed by atoms with van der Waals surface area (Å²) in [7, 11) is 0. The van der Waals surface area contributed by atoms with Gasteiger partial charge in [0.05, 0.1) is 17.1 Å². The number of nitrogens with one attached hydrogen (secondary N) is 2. The Morgan fingerprint density at radius 3 is 2.52 bits per heavy atom. The number of fused-ring (bicyclic) bond motifs is 1. The minimum Gasteiger partial charge on any atom is -0.406 e. The van der Waals surface area contributed by atoms with Crippen LogP contribution in [0.5, 0.6) is 5.75 Å². The molecule has 0 saturated carbocycles. The topological polar surface area (TPSA) is 102 Å². The third-order valence-electron chi connectivity index (χ3n) is 4.43. The number of H-pyrrole nitrogens is 1. The van der Waals surface area contributed by atoms with E-state index in [-0.39, 0.29) is 5.16 Å². The van der Waals surface area contributed by atoms with Gasteiger partial charge in [0.25, 0.3) is 5.56 Å². The minimum atomic E-state index is -4.79. The van der Waals surface area contributed by atoms with Crippen LogP contribution in [-0.2, 0) is 4.79 Å². The molecule has 170 valence electrons. The molecule has 2 aromatic heterocycles. The van der Waals surface area contributed by atoms with Crippen molar-refractivity contribution in [3.8, 4) is 11.4 Å². The molecule has 1 amide bonds. The standard InChI is InChI=1S/C21H16F3N5O3S/c1-12(18(30)26-13-7-9-15(10-8-13)32-21(22,23)24)33-20-27-17-16(19(31)28-20)11-25-29(17)14-5-3-2-4-6-14/h2-12H,1H3,(H,26,30)(H,27,28,31). The lowest BCUT2D eigenvalue weighted by Crippen LogP contribution is -2.23. The monoisotopic (exact) mass is 475 g/mol. The van der Waals surface area contributed by atoms with E-state index in [1.807, 2.05) is 30.3 Å². The zero-order valence-corrected chi connectivity index (χ0v) is 17.8. The zero-order chi connectivity index (χ0) is 23.6. The second-order valence-electron chi connectivity index (χ2n) is 6.82. The number of carbonyl (C=O) groups is 1. The van der Waals surface area contributed by atoms with E-state index < -0.39 is 28.8 Å². The van der Waals surface area contributed by atoms with E-state index in [4.69, 9.17) is 0 Å². The Kier molecular flexibility index (Phi) is 6.09. The maximum absolute atomic E-state index is 12.5. The van der Waals surface area contributed by atoms with E-state index in [1.54, 1.807) is 6.92 Å². The van der Waals surface area contributed by atoms with Gasteiger partial charge in [-0.3, -0.25) is 9.59 Å². The normalized spacial score (nSPS) is 12.5. The second kappa shape index (κ2) is 8.98. The molecule has 2 N–H and O–H groups in total. The highest BCUT2D eigenvalue weighted by molar-refractivity contribution is 8.00. The molecular formula is C21H16F3N5O3S. The van der Waals surface area contributed by atoms with Crippen LogP contribution in [0.2, 0.25) is 0 Å². The lowest BCUT2D eigenvalue weighted by Gasteiger charge is -2.13. The number of carbonyl (C=O) groups excluding carboxylic acids is 1. The molecule has 33 heavy (non-hydrogen) atoms. The van der Waals surface area contributed by atoms with Gasteiger partial charge in [0.2, 0.25) is 5.91 Å². The van der Waals surface area contributed by atoms with Gasteiger partial charge in [-0.2, -0.15) is 5.10 Å². The maximum atomic E-state index is 12.5. The SMILES string of the molecule is CC(Sc1nc2c(cnn2-c2ccccc2)c(=O)[nH]1)C(=O)Nc1ccc(OC(F)(F)F)cc1. The summed E-state index contributed by atoms with van der Waals surface area (Å²) < 4.78 is 42.1. The molecule has 8 nitrogen and oxygen atoms in total. The van der Waals surface area contributed by atoms with Crippen molar-refractivity contribution in [2.24, 2.45) is 0 Å². The molecule has 0 aliphatic carbocycles. The number of thioether (sulfide) groups is 1. The first kappa shape index (κ1) is 22.4. The molecular weight excluding hydrogens is 459 g/mol. The van der Waals surface area contributed by atoms with Crippen LogP contribution in [0.4, 0.5) is 18.9 Å². The van der Waals surface area contributed by atoms with Gasteiger partial charge in [0, 0.05) is 5.69 Å². The van der Waals surface area contributed by atoms with Gasteiger partial charge in [-0.05, 0) is 43.3 Å². The van der Waals surface area contributed by atoms with Gasteiger partial charge in [0.15, 0.2) is 10.8 Å². The largest absolute Gasteiger partial charge is 0.573 e. The van der Waals surface area contributed by atoms with Crippen LogP contribution < -0.4 is 15.6 Å². The number of hydrogen-bond acceptors (Lipinski definition) is 6. The fraction of sp³-hybridized carbons (Fsp3) is 0.143. The van der Waals surface area contributed by atoms with Crippen molar-refractivity contribution < 1.29 is 22.7 Å². The Hall–Kier alpha value is -3.80. The van der Waals surface area contributed by atoms with Crippen LogP contribution in [0.3, 0.4) is 0 Å². The average molecular weight is 475 g/mol. The van der Waals surface area contributed by atoms with Gasteiger partial charge in [-0.15, -0.1) is 13.2 Å². The van der Waals surface area contributed by atoms with Crippen molar-refractivity contribution >= 4 is 34.4 Å². The minimum absolute atomic E-state index is 0.224. The van der Waals surface area contributed by atoms with Gasteiger partial charge >= 0.3 is 6.36 Å². The number of halogens is 3. The van der Waals surface area contributed by atoms with Crippen molar-refractivity contribution in [3.63, 3.8) is 0 Å². The maximum Gasteiger partial charge on any atom is 0.573 e. The number of nitrogens with zero attached hydrogens (tertiary/aromatic N) is 3. The number of ether oxygens (including phenoxy) is 1. The molecule has 1 unspecified atom stereocenters. The van der Waals surface area contributed by atoms with Crippen molar-refractivity contribution in [2.45, 2.75) is 23.7 Å². The van der Waals surface area contributed by atoms with E-state index in [9.17, 15) is 22.8 Å². The molecule has 2 aromatic carbocycles. The van der Waals surface area contributed by atoms with Crippen molar-refractivity contribution in [2.75, 3.05) is 5.32 Å². The summed E-state index contributed by atoms with van der Waals surface area (Å²) in [6, 6.07) is 13.9. The third kappa shape index (κ3) is 5.34. The van der Waals surface area contributed by atoms with Crippen molar-refractivity contribution in [1.82, 2.24) is 19.7 Å². The van der Waals surface area contributed by atoms with Gasteiger partial charge < -0.3 is 15.0 Å². The summed E-state index contributed by atoms with van der Waals surface area (Å²) in [6.07, 6.45) is -3.37. The van der Waals surface area contributed by atoms with Crippen LogP contribution in [0.25, 0.3) is 16.7 Å². The van der Waals surface area contributed by atoms with Crippen LogP contribution in [0.15, 0.2) is 70.7 Å². The number of alkyl halides is 3. The molecule has 1 atom stereocenters. The fourth-order valence-electron chi connectivity index (χ4n) is 2.92. The predicted octanol–water partition coefficient (Wildman–Crippen LogP) is 4.13. The Morgan fingerprint density at radius 1 is 1.15 bits per heavy atom. The van der Waals surface area contributed by atoms with Gasteiger partial charge in [0.1, 0.15) is 11.1 Å². The highest BCUT2D eigenvalue weighted by Gasteiger charge is 2.31. The van der Waals surface area contributed by atoms with Crippen molar-refractivity contribution in [3.05, 3.63) is 71.1 Å². The second-order valence-corrected chi connectivity index (χ2v) is 8.15. The van der Waals surface area contributed by atoms with Crippen LogP contribution in [0.1, 0.15) is 6.92 Å². The van der Waals surface area contributed by atoms with E-state index >= 15 is 0 Å². The summed E-state index contributed by atoms with van der Waals surface area (Å²) in [6.45, 7) is 1.61. The molecule has 0 aliphatic rings. The van der Waals surface area contributed by atoms with E-state index in [0.29, 0.717) is 16.7 Å². The Morgan fingerprint density at radius 2 is 1.85 bits per heavy atom. The Balaban J connectivity index is 1.48. The summed E-state index contributed by atoms with van der Waals surface area (Å²) in [4.78, 5) is 32.1. The number of anilines is 1. The molecule has 2 heterocycles. The first-order valence-electron chi connectivity index (χ1n) is 9.56. The molecule has 0 fully saturated rings. The number of benzene rings is 2. The average Bonchev–Trinajstić information content (AvgIpc) is 3.19. The summed E-state index contributed by atoms with van der Waals surface area (Å²) >= 11 is 1.02. The van der Waals surface area contributed by atoms with Crippen LogP contribution in [-0.4, -0.2) is 37.3 Å². The molecule has 0 radical (unpaired) electrons. The van der Waals surface area contributed by atoms with E-state index in [0.717, 1.165) is 29.6 Å². The molecule has 12 heteroatoms. The van der Waals surface area contributed by atoms with Crippen LogP contribution in [0, 0.1) is 0 Å². The fourth-order valence-corrected chi connectivity index (χ4v) is 3.71. The number of aromatic nitrogens is 4. The van der Waals surface area contributed by atoms with Gasteiger partial charge in [-0.1, -0.05) is 30.0 Å². The van der Waals surface area contributed by atoms with E-state index in [2.05, 4.69) is 25.1 Å². The molecule has 0 spiro atoms. The Labute approximate surface area is 188 Å². The quantitative estimate of drug-likeness (QED) is 0.321. The number of aromatic amines is 1. The number of hydrogen-bond donors (Lipinski definition) is 2. The molecule has 0 aliphatic heterocycles.